The maximum Gasteiger partial charge on any atom is 0.197 e. The van der Waals surface area contributed by atoms with Gasteiger partial charge in [0.15, 0.2) is 21.9 Å². The first-order valence-corrected chi connectivity index (χ1v) is 8.28. The topological polar surface area (TPSA) is 87.7 Å². The molecule has 2 aromatic heterocycles. The summed E-state index contributed by atoms with van der Waals surface area (Å²) in [6.45, 7) is 0.129. The number of hydrogen-bond donors (Lipinski definition) is 2. The van der Waals surface area contributed by atoms with Crippen LogP contribution in [-0.4, -0.2) is 20.8 Å². The Morgan fingerprint density at radius 1 is 1.15 bits per heavy atom. The molecule has 0 aliphatic carbocycles. The molecule has 0 bridgehead atoms. The standard InChI is InChI=1S/C17H11Cl2F2N5O/c18-15-14(21)16(19)25-17(24-15)11(22)7-13(12-5-6-27-26-12)23-8-9-3-1-2-4-10(9)20/h1-7,22-23H,8H2/b13-7-,22-11?. The van der Waals surface area contributed by atoms with Crippen LogP contribution < -0.4 is 5.32 Å². The van der Waals surface area contributed by atoms with E-state index in [2.05, 4.69) is 20.4 Å². The smallest absolute Gasteiger partial charge is 0.197 e. The quantitative estimate of drug-likeness (QED) is 0.469. The van der Waals surface area contributed by atoms with E-state index in [4.69, 9.17) is 33.1 Å². The van der Waals surface area contributed by atoms with Gasteiger partial charge in [0.25, 0.3) is 0 Å². The van der Waals surface area contributed by atoms with Gasteiger partial charge in [-0.1, -0.05) is 46.6 Å². The summed E-state index contributed by atoms with van der Waals surface area (Å²) in [6, 6.07) is 7.81. The largest absolute Gasteiger partial charge is 0.379 e. The fraction of sp³-hybridized carbons (Fsp3) is 0.0588. The highest BCUT2D eigenvalue weighted by molar-refractivity contribution is 6.33. The van der Waals surface area contributed by atoms with Gasteiger partial charge in [-0.25, -0.2) is 18.7 Å². The molecule has 6 nitrogen and oxygen atoms in total. The van der Waals surface area contributed by atoms with Crippen molar-refractivity contribution in [3.63, 3.8) is 0 Å². The summed E-state index contributed by atoms with van der Waals surface area (Å²) in [5.41, 5.74) is 0.924. The first-order chi connectivity index (χ1) is 13.0. The number of rotatable bonds is 6. The molecule has 0 spiro atoms. The molecule has 3 rings (SSSR count). The highest BCUT2D eigenvalue weighted by atomic mass is 35.5. The van der Waals surface area contributed by atoms with Gasteiger partial charge in [0.2, 0.25) is 0 Å². The normalized spacial score (nSPS) is 11.5. The molecular formula is C17H11Cl2F2N5O. The van der Waals surface area contributed by atoms with E-state index in [0.717, 1.165) is 0 Å². The van der Waals surface area contributed by atoms with Crippen LogP contribution in [0.25, 0.3) is 5.70 Å². The van der Waals surface area contributed by atoms with Crippen molar-refractivity contribution < 1.29 is 13.3 Å². The predicted octanol–water partition coefficient (Wildman–Crippen LogP) is 4.25. The number of nitrogens with zero attached hydrogens (tertiary/aromatic N) is 3. The molecule has 27 heavy (non-hydrogen) atoms. The van der Waals surface area contributed by atoms with Crippen LogP contribution in [0, 0.1) is 17.0 Å². The molecule has 3 aromatic rings. The van der Waals surface area contributed by atoms with Crippen LogP contribution in [0.2, 0.25) is 10.3 Å². The molecule has 0 unspecified atom stereocenters. The minimum atomic E-state index is -0.965. The Kier molecular flexibility index (Phi) is 5.78. The second kappa shape index (κ2) is 8.24. The zero-order chi connectivity index (χ0) is 19.4. The molecule has 0 fully saturated rings. The van der Waals surface area contributed by atoms with E-state index >= 15 is 0 Å². The van der Waals surface area contributed by atoms with Crippen LogP contribution in [0.4, 0.5) is 8.78 Å². The van der Waals surface area contributed by atoms with Crippen molar-refractivity contribution in [1.82, 2.24) is 20.4 Å². The molecule has 0 saturated carbocycles. The van der Waals surface area contributed by atoms with Crippen LogP contribution in [0.5, 0.6) is 0 Å². The van der Waals surface area contributed by atoms with Crippen molar-refractivity contribution in [1.29, 1.82) is 5.41 Å². The van der Waals surface area contributed by atoms with Gasteiger partial charge < -0.3 is 9.84 Å². The van der Waals surface area contributed by atoms with E-state index in [1.807, 2.05) is 0 Å². The van der Waals surface area contributed by atoms with Crippen LogP contribution in [-0.2, 0) is 6.54 Å². The lowest BCUT2D eigenvalue weighted by Crippen LogP contribution is -2.15. The van der Waals surface area contributed by atoms with Crippen molar-refractivity contribution in [2.45, 2.75) is 6.54 Å². The van der Waals surface area contributed by atoms with Gasteiger partial charge in [-0.3, -0.25) is 5.41 Å². The lowest BCUT2D eigenvalue weighted by molar-refractivity contribution is 0.417. The zero-order valence-electron chi connectivity index (χ0n) is 13.5. The summed E-state index contributed by atoms with van der Waals surface area (Å²) in [7, 11) is 0. The summed E-state index contributed by atoms with van der Waals surface area (Å²) in [5.74, 6) is -1.52. The minimum absolute atomic E-state index is 0.129. The Balaban J connectivity index is 1.89. The van der Waals surface area contributed by atoms with Crippen LogP contribution in [0.3, 0.4) is 0 Å². The molecule has 10 heteroatoms. The van der Waals surface area contributed by atoms with Gasteiger partial charge in [-0.05, 0) is 12.1 Å². The van der Waals surface area contributed by atoms with E-state index in [1.54, 1.807) is 24.3 Å². The van der Waals surface area contributed by atoms with Crippen molar-refractivity contribution in [2.24, 2.45) is 0 Å². The molecule has 0 radical (unpaired) electrons. The zero-order valence-corrected chi connectivity index (χ0v) is 15.0. The van der Waals surface area contributed by atoms with Gasteiger partial charge in [0.1, 0.15) is 23.5 Å². The fourth-order valence-electron chi connectivity index (χ4n) is 2.12. The number of allylic oxidation sites excluding steroid dienone is 1. The lowest BCUT2D eigenvalue weighted by Gasteiger charge is -2.10. The number of benzene rings is 1. The van der Waals surface area contributed by atoms with Crippen molar-refractivity contribution in [2.75, 3.05) is 0 Å². The lowest BCUT2D eigenvalue weighted by atomic mass is 10.2. The first-order valence-electron chi connectivity index (χ1n) is 7.53. The number of hydrogen-bond acceptors (Lipinski definition) is 6. The Morgan fingerprint density at radius 2 is 1.85 bits per heavy atom. The fourth-order valence-corrected chi connectivity index (χ4v) is 2.51. The molecule has 138 valence electrons. The Labute approximate surface area is 162 Å². The van der Waals surface area contributed by atoms with Crippen LogP contribution in [0.15, 0.2) is 47.2 Å². The van der Waals surface area contributed by atoms with E-state index in [-0.39, 0.29) is 23.9 Å². The number of halogens is 4. The highest BCUT2D eigenvalue weighted by Crippen LogP contribution is 2.20. The third-order valence-electron chi connectivity index (χ3n) is 3.44. The predicted molar refractivity (Wildman–Crippen MR) is 96.6 cm³/mol. The summed E-state index contributed by atoms with van der Waals surface area (Å²) in [6.07, 6.45) is 2.68. The van der Waals surface area contributed by atoms with Gasteiger partial charge >= 0.3 is 0 Å². The molecule has 2 heterocycles. The monoisotopic (exact) mass is 409 g/mol. The maximum absolute atomic E-state index is 13.8. The molecule has 2 N–H and O–H groups in total. The van der Waals surface area contributed by atoms with E-state index in [0.29, 0.717) is 17.0 Å². The number of nitrogens with one attached hydrogen (secondary N) is 2. The molecule has 0 aliphatic heterocycles. The average molecular weight is 410 g/mol. The second-order valence-corrected chi connectivity index (χ2v) is 5.96. The average Bonchev–Trinajstić information content (AvgIpc) is 3.18. The minimum Gasteiger partial charge on any atom is -0.379 e. The van der Waals surface area contributed by atoms with Gasteiger partial charge in [-0.15, -0.1) is 0 Å². The van der Waals surface area contributed by atoms with Gasteiger partial charge in [0, 0.05) is 18.2 Å². The van der Waals surface area contributed by atoms with E-state index < -0.39 is 16.1 Å². The Hall–Kier alpha value is -2.84. The van der Waals surface area contributed by atoms with Gasteiger partial charge in [-0.2, -0.15) is 0 Å². The first kappa shape index (κ1) is 18.9. The SMILES string of the molecule is N=C(/C=C(\NCc1ccccc1F)c1ccon1)c1nc(Cl)c(F)c(Cl)n1. The van der Waals surface area contributed by atoms with Crippen LogP contribution in [0.1, 0.15) is 17.1 Å². The van der Waals surface area contributed by atoms with Crippen molar-refractivity contribution in [3.05, 3.63) is 81.7 Å². The van der Waals surface area contributed by atoms with E-state index in [1.165, 1.54) is 18.4 Å². The highest BCUT2D eigenvalue weighted by Gasteiger charge is 2.15. The second-order valence-electron chi connectivity index (χ2n) is 5.24. The van der Waals surface area contributed by atoms with Crippen molar-refractivity contribution in [3.8, 4) is 0 Å². The Morgan fingerprint density at radius 3 is 2.48 bits per heavy atom. The maximum atomic E-state index is 13.8. The molecular weight excluding hydrogens is 399 g/mol. The third kappa shape index (κ3) is 4.47. The summed E-state index contributed by atoms with van der Waals surface area (Å²) in [4.78, 5) is 7.39. The Bertz CT molecular complexity index is 985. The molecule has 0 amide bonds. The van der Waals surface area contributed by atoms with E-state index in [9.17, 15) is 8.78 Å². The summed E-state index contributed by atoms with van der Waals surface area (Å²) >= 11 is 11.3. The molecule has 0 atom stereocenters. The summed E-state index contributed by atoms with van der Waals surface area (Å²) in [5, 5.41) is 13.9. The molecule has 0 aliphatic rings. The molecule has 1 aromatic carbocycles. The summed E-state index contributed by atoms with van der Waals surface area (Å²) < 4.78 is 32.1. The molecule has 0 saturated heterocycles. The number of aromatic nitrogens is 3. The van der Waals surface area contributed by atoms with Gasteiger partial charge in [0.05, 0.1) is 5.70 Å². The third-order valence-corrected chi connectivity index (χ3v) is 3.94. The van der Waals surface area contributed by atoms with Crippen molar-refractivity contribution >= 4 is 34.6 Å². The van der Waals surface area contributed by atoms with Crippen LogP contribution >= 0.6 is 23.2 Å².